The molecule has 0 aliphatic heterocycles. The minimum Gasteiger partial charge on any atom is -0.350 e. The quantitative estimate of drug-likeness (QED) is 0.610. The summed E-state index contributed by atoms with van der Waals surface area (Å²) in [6.45, 7) is 3.77. The van der Waals surface area contributed by atoms with Crippen LogP contribution < -0.4 is 16.0 Å². The fourth-order valence-corrected chi connectivity index (χ4v) is 2.48. The van der Waals surface area contributed by atoms with Gasteiger partial charge in [-0.15, -0.1) is 0 Å². The van der Waals surface area contributed by atoms with E-state index in [-0.39, 0.29) is 17.5 Å². The SMILES string of the molecule is CC(=O)Nc1ccc(NC(=O)c2cc(C)nc(NCc3ccncc3)n2)cc1. The lowest BCUT2D eigenvalue weighted by atomic mass is 10.2. The summed E-state index contributed by atoms with van der Waals surface area (Å²) in [6, 6.07) is 12.2. The second-order valence-corrected chi connectivity index (χ2v) is 6.14. The highest BCUT2D eigenvalue weighted by atomic mass is 16.2. The number of amides is 2. The normalized spacial score (nSPS) is 10.2. The Morgan fingerprint density at radius 2 is 1.57 bits per heavy atom. The lowest BCUT2D eigenvalue weighted by Gasteiger charge is -2.09. The number of aromatic nitrogens is 3. The number of carbonyl (C=O) groups excluding carboxylic acids is 2. The van der Waals surface area contributed by atoms with E-state index >= 15 is 0 Å². The molecule has 0 atom stereocenters. The minimum absolute atomic E-state index is 0.153. The van der Waals surface area contributed by atoms with E-state index < -0.39 is 0 Å². The molecule has 0 spiro atoms. The molecular formula is C20H20N6O2. The van der Waals surface area contributed by atoms with Crippen LogP contribution in [0, 0.1) is 6.92 Å². The summed E-state index contributed by atoms with van der Waals surface area (Å²) in [5.74, 6) is -0.118. The van der Waals surface area contributed by atoms with Crippen LogP contribution in [0.2, 0.25) is 0 Å². The molecule has 142 valence electrons. The van der Waals surface area contributed by atoms with Crippen molar-refractivity contribution in [3.8, 4) is 0 Å². The fourth-order valence-electron chi connectivity index (χ4n) is 2.48. The van der Waals surface area contributed by atoms with Gasteiger partial charge in [-0.05, 0) is 55.0 Å². The van der Waals surface area contributed by atoms with Crippen molar-refractivity contribution in [3.63, 3.8) is 0 Å². The molecule has 1 aromatic carbocycles. The highest BCUT2D eigenvalue weighted by Gasteiger charge is 2.11. The third kappa shape index (κ3) is 5.34. The van der Waals surface area contributed by atoms with Crippen molar-refractivity contribution in [2.45, 2.75) is 20.4 Å². The molecule has 3 N–H and O–H groups in total. The molecule has 0 aliphatic rings. The predicted octanol–water partition coefficient (Wildman–Crippen LogP) is 3.00. The van der Waals surface area contributed by atoms with Crippen molar-refractivity contribution in [1.29, 1.82) is 0 Å². The Kier molecular flexibility index (Phi) is 5.91. The van der Waals surface area contributed by atoms with Gasteiger partial charge in [-0.1, -0.05) is 0 Å². The van der Waals surface area contributed by atoms with Crippen molar-refractivity contribution in [1.82, 2.24) is 15.0 Å². The largest absolute Gasteiger partial charge is 0.350 e. The molecule has 8 heteroatoms. The first-order valence-electron chi connectivity index (χ1n) is 8.67. The number of benzene rings is 1. The minimum atomic E-state index is -0.343. The average molecular weight is 376 g/mol. The number of anilines is 3. The highest BCUT2D eigenvalue weighted by molar-refractivity contribution is 6.03. The Morgan fingerprint density at radius 1 is 0.929 bits per heavy atom. The number of nitrogens with one attached hydrogen (secondary N) is 3. The van der Waals surface area contributed by atoms with E-state index in [1.54, 1.807) is 49.6 Å². The van der Waals surface area contributed by atoms with E-state index in [4.69, 9.17) is 0 Å². The van der Waals surface area contributed by atoms with Crippen LogP contribution in [0.4, 0.5) is 17.3 Å². The molecule has 0 unspecified atom stereocenters. The van der Waals surface area contributed by atoms with Crippen LogP contribution in [-0.2, 0) is 11.3 Å². The number of hydrogen-bond acceptors (Lipinski definition) is 6. The Labute approximate surface area is 162 Å². The van der Waals surface area contributed by atoms with Gasteiger partial charge >= 0.3 is 0 Å². The van der Waals surface area contributed by atoms with E-state index in [0.717, 1.165) is 5.56 Å². The van der Waals surface area contributed by atoms with Crippen LogP contribution in [0.25, 0.3) is 0 Å². The predicted molar refractivity (Wildman–Crippen MR) is 107 cm³/mol. The van der Waals surface area contributed by atoms with Gasteiger partial charge in [0.1, 0.15) is 5.69 Å². The van der Waals surface area contributed by atoms with Crippen LogP contribution in [0.1, 0.15) is 28.7 Å². The summed E-state index contributed by atoms with van der Waals surface area (Å²) in [7, 11) is 0. The number of nitrogens with zero attached hydrogens (tertiary/aromatic N) is 3. The van der Waals surface area contributed by atoms with Gasteiger partial charge in [0.2, 0.25) is 11.9 Å². The topological polar surface area (TPSA) is 109 Å². The van der Waals surface area contributed by atoms with Crippen molar-refractivity contribution < 1.29 is 9.59 Å². The van der Waals surface area contributed by atoms with Crippen molar-refractivity contribution >= 4 is 29.1 Å². The number of aryl methyl sites for hydroxylation is 1. The van der Waals surface area contributed by atoms with E-state index in [1.807, 2.05) is 12.1 Å². The maximum atomic E-state index is 12.5. The zero-order chi connectivity index (χ0) is 19.9. The number of carbonyl (C=O) groups is 2. The lowest BCUT2D eigenvalue weighted by Crippen LogP contribution is -2.16. The summed E-state index contributed by atoms with van der Waals surface area (Å²) >= 11 is 0. The zero-order valence-electron chi connectivity index (χ0n) is 15.6. The molecular weight excluding hydrogens is 356 g/mol. The maximum absolute atomic E-state index is 12.5. The van der Waals surface area contributed by atoms with Gasteiger partial charge in [0, 0.05) is 42.9 Å². The molecule has 2 aromatic heterocycles. The summed E-state index contributed by atoms with van der Waals surface area (Å²) in [5.41, 5.74) is 3.23. The molecule has 0 radical (unpaired) electrons. The van der Waals surface area contributed by atoms with Gasteiger partial charge in [0.15, 0.2) is 0 Å². The summed E-state index contributed by atoms with van der Waals surface area (Å²) in [4.78, 5) is 36.2. The molecule has 0 aliphatic carbocycles. The van der Waals surface area contributed by atoms with Gasteiger partial charge in [0.05, 0.1) is 0 Å². The van der Waals surface area contributed by atoms with Gasteiger partial charge in [-0.2, -0.15) is 0 Å². The average Bonchev–Trinajstić information content (AvgIpc) is 2.68. The van der Waals surface area contributed by atoms with Crippen LogP contribution in [0.15, 0.2) is 54.9 Å². The first-order valence-corrected chi connectivity index (χ1v) is 8.67. The van der Waals surface area contributed by atoms with Gasteiger partial charge < -0.3 is 16.0 Å². The molecule has 2 heterocycles. The summed E-state index contributed by atoms with van der Waals surface area (Å²) < 4.78 is 0. The number of hydrogen-bond donors (Lipinski definition) is 3. The Hall–Kier alpha value is -3.81. The van der Waals surface area contributed by atoms with Gasteiger partial charge in [-0.3, -0.25) is 14.6 Å². The molecule has 0 saturated carbocycles. The van der Waals surface area contributed by atoms with Crippen LogP contribution in [0.3, 0.4) is 0 Å². The number of rotatable bonds is 6. The molecule has 0 bridgehead atoms. The van der Waals surface area contributed by atoms with Crippen molar-refractivity contribution in [3.05, 3.63) is 71.8 Å². The first kappa shape index (κ1) is 19.0. The molecule has 2 amide bonds. The van der Waals surface area contributed by atoms with Crippen molar-refractivity contribution in [2.75, 3.05) is 16.0 Å². The second kappa shape index (κ2) is 8.72. The van der Waals surface area contributed by atoms with E-state index in [9.17, 15) is 9.59 Å². The second-order valence-electron chi connectivity index (χ2n) is 6.14. The molecule has 8 nitrogen and oxygen atoms in total. The molecule has 0 fully saturated rings. The van der Waals surface area contributed by atoms with Gasteiger partial charge in [0.25, 0.3) is 5.91 Å². The summed E-state index contributed by atoms with van der Waals surface area (Å²) in [6.07, 6.45) is 3.42. The first-order chi connectivity index (χ1) is 13.5. The van der Waals surface area contributed by atoms with Crippen LogP contribution in [0.5, 0.6) is 0 Å². The fraction of sp³-hybridized carbons (Fsp3) is 0.150. The highest BCUT2D eigenvalue weighted by Crippen LogP contribution is 2.15. The van der Waals surface area contributed by atoms with Crippen molar-refractivity contribution in [2.24, 2.45) is 0 Å². The number of pyridine rings is 1. The van der Waals surface area contributed by atoms with E-state index in [0.29, 0.717) is 29.6 Å². The van der Waals surface area contributed by atoms with Gasteiger partial charge in [-0.25, -0.2) is 9.97 Å². The zero-order valence-corrected chi connectivity index (χ0v) is 15.6. The molecule has 3 aromatic rings. The van der Waals surface area contributed by atoms with E-state index in [2.05, 4.69) is 30.9 Å². The Bertz CT molecular complexity index is 974. The lowest BCUT2D eigenvalue weighted by molar-refractivity contribution is -0.114. The molecule has 3 rings (SSSR count). The smallest absolute Gasteiger partial charge is 0.274 e. The van der Waals surface area contributed by atoms with Crippen LogP contribution in [-0.4, -0.2) is 26.8 Å². The monoisotopic (exact) mass is 376 g/mol. The Morgan fingerprint density at radius 3 is 2.21 bits per heavy atom. The molecule has 0 saturated heterocycles. The third-order valence-electron chi connectivity index (χ3n) is 3.75. The standard InChI is InChI=1S/C20H20N6O2/c1-13-11-18(26-20(23-13)22-12-15-7-9-21-10-8-15)19(28)25-17-5-3-16(4-6-17)24-14(2)27/h3-11H,12H2,1-2H3,(H,24,27)(H,25,28)(H,22,23,26). The summed E-state index contributed by atoms with van der Waals surface area (Å²) in [5, 5.41) is 8.58. The van der Waals surface area contributed by atoms with Crippen LogP contribution >= 0.6 is 0 Å². The molecule has 28 heavy (non-hydrogen) atoms. The van der Waals surface area contributed by atoms with E-state index in [1.165, 1.54) is 6.92 Å². The third-order valence-corrected chi connectivity index (χ3v) is 3.75. The maximum Gasteiger partial charge on any atom is 0.274 e. The Balaban J connectivity index is 1.67.